The van der Waals surface area contributed by atoms with Crippen molar-refractivity contribution in [1.82, 2.24) is 4.90 Å². The van der Waals surface area contributed by atoms with Crippen LogP contribution in [0.2, 0.25) is 0 Å². The Labute approximate surface area is 132 Å². The van der Waals surface area contributed by atoms with Gasteiger partial charge < -0.3 is 10.2 Å². The largest absolute Gasteiger partial charge is 0.336 e. The van der Waals surface area contributed by atoms with E-state index in [0.717, 1.165) is 29.7 Å². The summed E-state index contributed by atoms with van der Waals surface area (Å²) in [7, 11) is 1.71. The van der Waals surface area contributed by atoms with Crippen molar-refractivity contribution in [2.45, 2.75) is 46.0 Å². The van der Waals surface area contributed by atoms with Gasteiger partial charge in [0.05, 0.1) is 6.54 Å². The van der Waals surface area contributed by atoms with Crippen LogP contribution in [-0.4, -0.2) is 30.3 Å². The Morgan fingerprint density at radius 1 is 1.18 bits per heavy atom. The van der Waals surface area contributed by atoms with Crippen molar-refractivity contribution in [2.24, 2.45) is 5.92 Å². The molecular weight excluding hydrogens is 276 g/mol. The fraction of sp³-hybridized carbons (Fsp3) is 0.556. The zero-order chi connectivity index (χ0) is 16.1. The number of carbonyl (C=O) groups excluding carboxylic acids is 2. The van der Waals surface area contributed by atoms with Crippen molar-refractivity contribution >= 4 is 17.5 Å². The monoisotopic (exact) mass is 302 g/mol. The van der Waals surface area contributed by atoms with Gasteiger partial charge >= 0.3 is 0 Å². The second-order valence-electron chi connectivity index (χ2n) is 6.42. The molecule has 0 bridgehead atoms. The smallest absolute Gasteiger partial charge is 0.243 e. The van der Waals surface area contributed by atoms with Gasteiger partial charge in [-0.15, -0.1) is 0 Å². The minimum Gasteiger partial charge on any atom is -0.336 e. The van der Waals surface area contributed by atoms with E-state index in [2.05, 4.69) is 5.32 Å². The second-order valence-corrected chi connectivity index (χ2v) is 6.42. The summed E-state index contributed by atoms with van der Waals surface area (Å²) in [6.07, 6.45) is 5.33. The van der Waals surface area contributed by atoms with Crippen LogP contribution in [0, 0.1) is 19.8 Å². The van der Waals surface area contributed by atoms with Crippen LogP contribution in [0.1, 0.15) is 43.2 Å². The molecule has 1 saturated carbocycles. The van der Waals surface area contributed by atoms with Crippen LogP contribution in [0.3, 0.4) is 0 Å². The number of carbonyl (C=O) groups is 2. The first kappa shape index (κ1) is 16.5. The van der Waals surface area contributed by atoms with E-state index in [1.54, 1.807) is 11.9 Å². The highest BCUT2D eigenvalue weighted by atomic mass is 16.2. The molecule has 0 heterocycles. The molecule has 0 unspecified atom stereocenters. The van der Waals surface area contributed by atoms with Gasteiger partial charge in [-0.1, -0.05) is 31.0 Å². The van der Waals surface area contributed by atoms with Gasteiger partial charge in [0.25, 0.3) is 0 Å². The van der Waals surface area contributed by atoms with Gasteiger partial charge in [0.1, 0.15) is 0 Å². The lowest BCUT2D eigenvalue weighted by molar-refractivity contribution is -0.134. The number of likely N-dealkylation sites (N-methyl/N-ethyl adjacent to an activating group) is 1. The maximum atomic E-state index is 12.2. The molecule has 22 heavy (non-hydrogen) atoms. The Morgan fingerprint density at radius 3 is 2.36 bits per heavy atom. The Morgan fingerprint density at radius 2 is 1.77 bits per heavy atom. The van der Waals surface area contributed by atoms with E-state index in [9.17, 15) is 9.59 Å². The Bertz CT molecular complexity index is 528. The molecule has 0 aromatic heterocycles. The maximum absolute atomic E-state index is 12.2. The predicted octanol–water partition coefficient (Wildman–Crippen LogP) is 3.28. The molecule has 1 aliphatic carbocycles. The molecule has 2 amide bonds. The number of anilines is 1. The van der Waals surface area contributed by atoms with Crippen LogP contribution in [0.15, 0.2) is 18.2 Å². The van der Waals surface area contributed by atoms with Gasteiger partial charge in [0, 0.05) is 19.2 Å². The molecule has 0 saturated heterocycles. The fourth-order valence-electron chi connectivity index (χ4n) is 3.11. The van der Waals surface area contributed by atoms with Crippen molar-refractivity contribution in [3.05, 3.63) is 29.3 Å². The Kier molecular flexibility index (Phi) is 5.58. The summed E-state index contributed by atoms with van der Waals surface area (Å²) in [5.74, 6) is 0.444. The van der Waals surface area contributed by atoms with Gasteiger partial charge in [-0.2, -0.15) is 0 Å². The molecule has 1 aromatic rings. The van der Waals surface area contributed by atoms with E-state index >= 15 is 0 Å². The summed E-state index contributed by atoms with van der Waals surface area (Å²) in [5.41, 5.74) is 2.92. The number of rotatable bonds is 5. The predicted molar refractivity (Wildman–Crippen MR) is 88.8 cm³/mol. The van der Waals surface area contributed by atoms with E-state index in [4.69, 9.17) is 0 Å². The Balaban J connectivity index is 1.86. The van der Waals surface area contributed by atoms with E-state index < -0.39 is 0 Å². The summed E-state index contributed by atoms with van der Waals surface area (Å²) in [6, 6.07) is 5.91. The number of nitrogens with one attached hydrogen (secondary N) is 1. The van der Waals surface area contributed by atoms with E-state index in [-0.39, 0.29) is 18.4 Å². The topological polar surface area (TPSA) is 49.4 Å². The third-order valence-corrected chi connectivity index (χ3v) is 4.49. The average molecular weight is 302 g/mol. The molecule has 0 spiro atoms. The summed E-state index contributed by atoms with van der Waals surface area (Å²) in [6.45, 7) is 4.05. The van der Waals surface area contributed by atoms with Crippen LogP contribution in [0.4, 0.5) is 5.69 Å². The van der Waals surface area contributed by atoms with E-state index in [0.29, 0.717) is 12.3 Å². The number of hydrogen-bond donors (Lipinski definition) is 1. The molecule has 4 nitrogen and oxygen atoms in total. The summed E-state index contributed by atoms with van der Waals surface area (Å²) in [5, 5.41) is 2.93. The molecule has 4 heteroatoms. The molecule has 1 fully saturated rings. The van der Waals surface area contributed by atoms with Crippen molar-refractivity contribution in [3.8, 4) is 0 Å². The number of benzene rings is 1. The lowest BCUT2D eigenvalue weighted by atomic mass is 10.0. The van der Waals surface area contributed by atoms with Gasteiger partial charge in [0.2, 0.25) is 11.8 Å². The standard InChI is InChI=1S/C18H26N2O2/c1-13-7-6-8-14(2)18(13)19-16(21)12-20(3)17(22)11-15-9-4-5-10-15/h6-8,15H,4-5,9-12H2,1-3H3,(H,19,21). The highest BCUT2D eigenvalue weighted by molar-refractivity contribution is 5.95. The lowest BCUT2D eigenvalue weighted by Crippen LogP contribution is -2.35. The number of hydrogen-bond acceptors (Lipinski definition) is 2. The number of amides is 2. The van der Waals surface area contributed by atoms with Crippen molar-refractivity contribution < 1.29 is 9.59 Å². The summed E-state index contributed by atoms with van der Waals surface area (Å²) < 4.78 is 0. The van der Waals surface area contributed by atoms with Gasteiger partial charge in [-0.05, 0) is 43.7 Å². The van der Waals surface area contributed by atoms with Gasteiger partial charge in [0.15, 0.2) is 0 Å². The first-order valence-corrected chi connectivity index (χ1v) is 8.07. The highest BCUT2D eigenvalue weighted by Gasteiger charge is 2.21. The average Bonchev–Trinajstić information content (AvgIpc) is 2.96. The van der Waals surface area contributed by atoms with Gasteiger partial charge in [-0.3, -0.25) is 9.59 Å². The normalized spacial score (nSPS) is 14.9. The molecule has 1 N–H and O–H groups in total. The molecular formula is C18H26N2O2. The van der Waals surface area contributed by atoms with Gasteiger partial charge in [-0.25, -0.2) is 0 Å². The molecule has 0 atom stereocenters. The van der Waals surface area contributed by atoms with Crippen LogP contribution in [-0.2, 0) is 9.59 Å². The molecule has 1 aromatic carbocycles. The first-order valence-electron chi connectivity index (χ1n) is 8.07. The van der Waals surface area contributed by atoms with Crippen molar-refractivity contribution in [1.29, 1.82) is 0 Å². The number of nitrogens with zero attached hydrogens (tertiary/aromatic N) is 1. The Hall–Kier alpha value is -1.84. The zero-order valence-corrected chi connectivity index (χ0v) is 13.8. The lowest BCUT2D eigenvalue weighted by Gasteiger charge is -2.19. The molecule has 0 radical (unpaired) electrons. The van der Waals surface area contributed by atoms with Crippen LogP contribution < -0.4 is 5.32 Å². The second kappa shape index (κ2) is 7.43. The molecule has 120 valence electrons. The highest BCUT2D eigenvalue weighted by Crippen LogP contribution is 2.27. The van der Waals surface area contributed by atoms with Crippen molar-refractivity contribution in [2.75, 3.05) is 18.9 Å². The minimum atomic E-state index is -0.139. The third-order valence-electron chi connectivity index (χ3n) is 4.49. The fourth-order valence-corrected chi connectivity index (χ4v) is 3.11. The SMILES string of the molecule is Cc1cccc(C)c1NC(=O)CN(C)C(=O)CC1CCCC1. The van der Waals surface area contributed by atoms with E-state index in [1.807, 2.05) is 32.0 Å². The summed E-state index contributed by atoms with van der Waals surface area (Å²) in [4.78, 5) is 25.9. The minimum absolute atomic E-state index is 0.0727. The molecule has 1 aliphatic rings. The van der Waals surface area contributed by atoms with Crippen LogP contribution >= 0.6 is 0 Å². The maximum Gasteiger partial charge on any atom is 0.243 e. The van der Waals surface area contributed by atoms with Crippen LogP contribution in [0.25, 0.3) is 0 Å². The molecule has 2 rings (SSSR count). The third kappa shape index (κ3) is 4.33. The quantitative estimate of drug-likeness (QED) is 0.907. The van der Waals surface area contributed by atoms with Crippen molar-refractivity contribution in [3.63, 3.8) is 0 Å². The summed E-state index contributed by atoms with van der Waals surface area (Å²) >= 11 is 0. The number of aryl methyl sites for hydroxylation is 2. The number of para-hydroxylation sites is 1. The van der Waals surface area contributed by atoms with Crippen LogP contribution in [0.5, 0.6) is 0 Å². The molecule has 0 aliphatic heterocycles. The first-order chi connectivity index (χ1) is 10.5. The van der Waals surface area contributed by atoms with E-state index in [1.165, 1.54) is 12.8 Å². The zero-order valence-electron chi connectivity index (χ0n) is 13.8.